The van der Waals surface area contributed by atoms with Gasteiger partial charge in [-0.25, -0.2) is 0 Å². The van der Waals surface area contributed by atoms with E-state index < -0.39 is 10.9 Å². The number of nitro groups is 1. The highest BCUT2D eigenvalue weighted by atomic mass is 16.6. The number of benzene rings is 1. The van der Waals surface area contributed by atoms with E-state index in [9.17, 15) is 14.9 Å². The Kier molecular flexibility index (Phi) is 4.81. The molecule has 1 aliphatic heterocycles. The molecule has 28 heavy (non-hydrogen) atoms. The molecule has 0 unspecified atom stereocenters. The Morgan fingerprint density at radius 3 is 2.82 bits per heavy atom. The molecule has 2 aromatic heterocycles. The molecule has 0 atom stereocenters. The first-order valence-electron chi connectivity index (χ1n) is 8.58. The second-order valence-corrected chi connectivity index (χ2v) is 6.04. The zero-order valence-corrected chi connectivity index (χ0v) is 14.7. The first-order valence-corrected chi connectivity index (χ1v) is 8.58. The van der Waals surface area contributed by atoms with E-state index in [-0.39, 0.29) is 18.5 Å². The Morgan fingerprint density at radius 2 is 2.04 bits per heavy atom. The van der Waals surface area contributed by atoms with Gasteiger partial charge in [-0.3, -0.25) is 9.78 Å². The van der Waals surface area contributed by atoms with Crippen LogP contribution in [0.5, 0.6) is 11.8 Å². The van der Waals surface area contributed by atoms with Crippen LogP contribution in [0.15, 0.2) is 36.5 Å². The predicted octanol–water partition coefficient (Wildman–Crippen LogP) is 1.39. The lowest BCUT2D eigenvalue weighted by atomic mass is 10.2. The first-order chi connectivity index (χ1) is 13.6. The third-order valence-corrected chi connectivity index (χ3v) is 4.24. The van der Waals surface area contributed by atoms with E-state index in [1.807, 2.05) is 12.1 Å². The molecule has 0 bridgehead atoms. The number of carbonyl (C=O) groups excluding carboxylic acids is 1. The maximum absolute atomic E-state index is 12.5. The van der Waals surface area contributed by atoms with Crippen molar-refractivity contribution in [3.05, 3.63) is 46.6 Å². The quantitative estimate of drug-likeness (QED) is 0.477. The summed E-state index contributed by atoms with van der Waals surface area (Å²) in [7, 11) is 0. The van der Waals surface area contributed by atoms with Crippen LogP contribution in [0.3, 0.4) is 0 Å². The summed E-state index contributed by atoms with van der Waals surface area (Å²) in [5.74, 6) is -0.526. The summed E-state index contributed by atoms with van der Waals surface area (Å²) in [6.07, 6.45) is 1.62. The van der Waals surface area contributed by atoms with Crippen molar-refractivity contribution in [3.8, 4) is 11.8 Å². The molecule has 11 heteroatoms. The lowest BCUT2D eigenvalue weighted by molar-refractivity contribution is -0.394. The highest BCUT2D eigenvalue weighted by Gasteiger charge is 2.27. The predicted molar refractivity (Wildman–Crippen MR) is 95.9 cm³/mol. The highest BCUT2D eigenvalue weighted by molar-refractivity contribution is 5.84. The maximum Gasteiger partial charge on any atom is 0.494 e. The van der Waals surface area contributed by atoms with Gasteiger partial charge >= 0.3 is 12.0 Å². The van der Waals surface area contributed by atoms with Crippen molar-refractivity contribution in [2.24, 2.45) is 0 Å². The molecule has 1 aromatic carbocycles. The van der Waals surface area contributed by atoms with Gasteiger partial charge in [-0.2, -0.15) is 0 Å². The minimum absolute atomic E-state index is 0.147. The van der Waals surface area contributed by atoms with Crippen molar-refractivity contribution in [1.29, 1.82) is 0 Å². The smallest absolute Gasteiger partial charge is 0.409 e. The number of fused-ring (bicyclic) bond motifs is 1. The van der Waals surface area contributed by atoms with E-state index in [4.69, 9.17) is 9.47 Å². The minimum Gasteiger partial charge on any atom is -0.409 e. The van der Waals surface area contributed by atoms with Gasteiger partial charge in [-0.05, 0) is 22.0 Å². The number of aromatic nitrogens is 4. The number of rotatable bonds is 5. The summed E-state index contributed by atoms with van der Waals surface area (Å²) in [6.45, 7) is 1.59. The van der Waals surface area contributed by atoms with Gasteiger partial charge in [-0.1, -0.05) is 18.2 Å². The van der Waals surface area contributed by atoms with Crippen molar-refractivity contribution >= 4 is 22.8 Å². The summed E-state index contributed by atoms with van der Waals surface area (Å²) in [5, 5.41) is 15.7. The average molecular weight is 384 g/mol. The molecule has 1 saturated heterocycles. The van der Waals surface area contributed by atoms with Crippen molar-refractivity contribution in [3.63, 3.8) is 0 Å². The zero-order valence-electron chi connectivity index (χ0n) is 14.7. The molecule has 1 fully saturated rings. The Hall–Kier alpha value is -3.60. The molecular weight excluding hydrogens is 368 g/mol. The molecule has 11 nitrogen and oxygen atoms in total. The summed E-state index contributed by atoms with van der Waals surface area (Å²) in [4.78, 5) is 32.6. The van der Waals surface area contributed by atoms with Crippen LogP contribution in [0, 0.1) is 10.1 Å². The van der Waals surface area contributed by atoms with Crippen molar-refractivity contribution in [2.75, 3.05) is 26.3 Å². The van der Waals surface area contributed by atoms with Gasteiger partial charge in [0, 0.05) is 29.8 Å². The van der Waals surface area contributed by atoms with Gasteiger partial charge in [0.25, 0.3) is 0 Å². The summed E-state index contributed by atoms with van der Waals surface area (Å²) < 4.78 is 12.1. The van der Waals surface area contributed by atoms with E-state index in [1.165, 1.54) is 0 Å². The summed E-state index contributed by atoms with van der Waals surface area (Å²) >= 11 is 0. The molecule has 1 amide bonds. The van der Waals surface area contributed by atoms with Crippen molar-refractivity contribution in [2.45, 2.75) is 6.54 Å². The number of morpholine rings is 1. The fraction of sp³-hybridized carbons (Fsp3) is 0.294. The van der Waals surface area contributed by atoms with E-state index >= 15 is 0 Å². The number of nitrogens with zero attached hydrogens (tertiary/aromatic N) is 6. The van der Waals surface area contributed by atoms with Crippen LogP contribution in [-0.2, 0) is 16.1 Å². The largest absolute Gasteiger partial charge is 0.494 e. The Morgan fingerprint density at radius 1 is 1.25 bits per heavy atom. The summed E-state index contributed by atoms with van der Waals surface area (Å²) in [6, 6.07) is 8.82. The number of ether oxygens (including phenoxy) is 2. The van der Waals surface area contributed by atoms with Gasteiger partial charge in [0.15, 0.2) is 5.75 Å². The standard InChI is InChI=1S/C17H16N6O5/c24-14(21-7-9-27-10-8-21)11-22-17(19-16(20-22)23(25)26)28-13-5-1-3-12-4-2-6-18-15(12)13/h1-6H,7-11H2. The van der Waals surface area contributed by atoms with Crippen LogP contribution in [0.25, 0.3) is 10.9 Å². The van der Waals surface area contributed by atoms with Crippen molar-refractivity contribution in [1.82, 2.24) is 24.6 Å². The topological polar surface area (TPSA) is 126 Å². The molecule has 0 saturated carbocycles. The second kappa shape index (κ2) is 7.56. The number of carbonyl (C=O) groups is 1. The van der Waals surface area contributed by atoms with Crippen LogP contribution in [0.2, 0.25) is 0 Å². The number of hydrogen-bond acceptors (Lipinski definition) is 8. The number of hydrogen-bond donors (Lipinski definition) is 0. The maximum atomic E-state index is 12.5. The fourth-order valence-electron chi connectivity index (χ4n) is 2.87. The molecule has 0 spiro atoms. The van der Waals surface area contributed by atoms with Crippen molar-refractivity contribution < 1.29 is 19.2 Å². The van der Waals surface area contributed by atoms with Crippen LogP contribution < -0.4 is 4.74 Å². The van der Waals surface area contributed by atoms with E-state index in [2.05, 4.69) is 15.1 Å². The average Bonchev–Trinajstić information content (AvgIpc) is 3.11. The number of para-hydroxylation sites is 1. The lowest BCUT2D eigenvalue weighted by Crippen LogP contribution is -2.42. The molecule has 1 aliphatic rings. The molecule has 0 radical (unpaired) electrons. The molecule has 144 valence electrons. The highest BCUT2D eigenvalue weighted by Crippen LogP contribution is 2.28. The first kappa shape index (κ1) is 17.8. The van der Waals surface area contributed by atoms with Crippen LogP contribution in [-0.4, -0.2) is 61.8 Å². The van der Waals surface area contributed by atoms with Crippen LogP contribution >= 0.6 is 0 Å². The van der Waals surface area contributed by atoms with Gasteiger partial charge in [0.05, 0.1) is 13.2 Å². The van der Waals surface area contributed by atoms with Crippen LogP contribution in [0.4, 0.5) is 5.95 Å². The number of pyridine rings is 1. The van der Waals surface area contributed by atoms with Gasteiger partial charge in [-0.15, -0.1) is 4.68 Å². The third kappa shape index (κ3) is 3.60. The second-order valence-electron chi connectivity index (χ2n) is 6.04. The molecule has 3 heterocycles. The Balaban J connectivity index is 1.64. The fourth-order valence-corrected chi connectivity index (χ4v) is 2.87. The molecular formula is C17H16N6O5. The van der Waals surface area contributed by atoms with E-state index in [0.29, 0.717) is 37.6 Å². The normalized spacial score (nSPS) is 14.2. The Labute approximate surface area is 158 Å². The van der Waals surface area contributed by atoms with Crippen LogP contribution in [0.1, 0.15) is 0 Å². The summed E-state index contributed by atoms with van der Waals surface area (Å²) in [5.41, 5.74) is 0.571. The van der Waals surface area contributed by atoms with E-state index in [1.54, 1.807) is 29.3 Å². The monoisotopic (exact) mass is 384 g/mol. The lowest BCUT2D eigenvalue weighted by Gasteiger charge is -2.26. The van der Waals surface area contributed by atoms with Gasteiger partial charge < -0.3 is 24.5 Å². The molecule has 3 aromatic rings. The Bertz CT molecular complexity index is 1020. The zero-order chi connectivity index (χ0) is 19.5. The molecule has 0 aliphatic carbocycles. The van der Waals surface area contributed by atoms with Gasteiger partial charge in [0.1, 0.15) is 12.1 Å². The molecule has 4 rings (SSSR count). The SMILES string of the molecule is O=C(Cn1nc([N+](=O)[O-])nc1Oc1cccc2cccnc12)N1CCOCC1. The minimum atomic E-state index is -0.732. The van der Waals surface area contributed by atoms with E-state index in [0.717, 1.165) is 10.1 Å². The molecule has 0 N–H and O–H groups in total. The third-order valence-electron chi connectivity index (χ3n) is 4.24. The number of amides is 1. The van der Waals surface area contributed by atoms with Gasteiger partial charge in [0.2, 0.25) is 5.91 Å².